The van der Waals surface area contributed by atoms with E-state index in [-0.39, 0.29) is 5.91 Å². The highest BCUT2D eigenvalue weighted by atomic mass is 32.2. The lowest BCUT2D eigenvalue weighted by Crippen LogP contribution is -2.38. The Balaban J connectivity index is 1.71. The fourth-order valence-corrected chi connectivity index (χ4v) is 3.01. The summed E-state index contributed by atoms with van der Waals surface area (Å²) in [5.41, 5.74) is 1.14. The Bertz CT molecular complexity index is 411. The summed E-state index contributed by atoms with van der Waals surface area (Å²) in [5, 5.41) is 4.05. The fourth-order valence-electron chi connectivity index (χ4n) is 2.35. The standard InChI is InChI=1S/C15H22N2OS/c1-11-3-6-13(7-4-11)17-14(18)10-19-15-8-5-12(2)9-16-15/h5,8-9,11,13H,3-4,6-7,10H2,1-2H3,(H,17,18). The molecule has 0 bridgehead atoms. The van der Waals surface area contributed by atoms with Crippen molar-refractivity contribution in [2.75, 3.05) is 5.75 Å². The van der Waals surface area contributed by atoms with Gasteiger partial charge in [-0.05, 0) is 50.2 Å². The lowest BCUT2D eigenvalue weighted by molar-refractivity contribution is -0.119. The first-order valence-electron chi connectivity index (χ1n) is 6.98. The third kappa shape index (κ3) is 4.86. The topological polar surface area (TPSA) is 42.0 Å². The van der Waals surface area contributed by atoms with Crippen LogP contribution in [0.1, 0.15) is 38.2 Å². The van der Waals surface area contributed by atoms with Crippen LogP contribution in [0.4, 0.5) is 0 Å². The van der Waals surface area contributed by atoms with Gasteiger partial charge in [0.2, 0.25) is 5.91 Å². The predicted octanol–water partition coefficient (Wildman–Crippen LogP) is 3.18. The number of carbonyl (C=O) groups excluding carboxylic acids is 1. The van der Waals surface area contributed by atoms with Gasteiger partial charge in [0.1, 0.15) is 0 Å². The summed E-state index contributed by atoms with van der Waals surface area (Å²) >= 11 is 1.50. The third-order valence-electron chi connectivity index (χ3n) is 3.62. The van der Waals surface area contributed by atoms with Crippen molar-refractivity contribution < 1.29 is 4.79 Å². The van der Waals surface area contributed by atoms with E-state index in [0.29, 0.717) is 11.8 Å². The number of hydrogen-bond acceptors (Lipinski definition) is 3. The van der Waals surface area contributed by atoms with Crippen molar-refractivity contribution in [1.29, 1.82) is 0 Å². The Morgan fingerprint density at radius 1 is 1.37 bits per heavy atom. The van der Waals surface area contributed by atoms with Crippen LogP contribution in [-0.4, -0.2) is 22.7 Å². The van der Waals surface area contributed by atoms with Crippen LogP contribution in [0, 0.1) is 12.8 Å². The lowest BCUT2D eigenvalue weighted by Gasteiger charge is -2.26. The summed E-state index contributed by atoms with van der Waals surface area (Å²) in [4.78, 5) is 16.2. The van der Waals surface area contributed by atoms with Gasteiger partial charge in [-0.25, -0.2) is 4.98 Å². The fraction of sp³-hybridized carbons (Fsp3) is 0.600. The van der Waals surface area contributed by atoms with Gasteiger partial charge in [0.25, 0.3) is 0 Å². The number of nitrogens with zero attached hydrogens (tertiary/aromatic N) is 1. The second-order valence-corrected chi connectivity index (χ2v) is 6.48. The van der Waals surface area contributed by atoms with Crippen molar-refractivity contribution >= 4 is 17.7 Å². The van der Waals surface area contributed by atoms with E-state index in [4.69, 9.17) is 0 Å². The Hall–Kier alpha value is -1.03. The molecule has 1 saturated carbocycles. The summed E-state index contributed by atoms with van der Waals surface area (Å²) in [5.74, 6) is 1.41. The summed E-state index contributed by atoms with van der Waals surface area (Å²) in [7, 11) is 0. The van der Waals surface area contributed by atoms with E-state index in [1.807, 2.05) is 25.3 Å². The minimum atomic E-state index is 0.131. The maximum Gasteiger partial charge on any atom is 0.230 e. The monoisotopic (exact) mass is 278 g/mol. The SMILES string of the molecule is Cc1ccc(SCC(=O)NC2CCC(C)CC2)nc1. The Kier molecular flexibility index (Phi) is 5.25. The maximum atomic E-state index is 11.9. The van der Waals surface area contributed by atoms with Gasteiger partial charge in [-0.2, -0.15) is 0 Å². The molecule has 1 fully saturated rings. The third-order valence-corrected chi connectivity index (χ3v) is 4.56. The van der Waals surface area contributed by atoms with Crippen LogP contribution in [0.25, 0.3) is 0 Å². The van der Waals surface area contributed by atoms with Crippen molar-refractivity contribution in [3.05, 3.63) is 23.9 Å². The number of aryl methyl sites for hydroxylation is 1. The average Bonchev–Trinajstić information content (AvgIpc) is 2.41. The average molecular weight is 278 g/mol. The maximum absolute atomic E-state index is 11.9. The first kappa shape index (κ1) is 14.4. The molecule has 1 amide bonds. The van der Waals surface area contributed by atoms with E-state index < -0.39 is 0 Å². The molecule has 104 valence electrons. The van der Waals surface area contributed by atoms with E-state index in [1.165, 1.54) is 24.6 Å². The number of amides is 1. The molecule has 1 aliphatic rings. The van der Waals surface area contributed by atoms with E-state index in [1.54, 1.807) is 0 Å². The molecular formula is C15H22N2OS. The van der Waals surface area contributed by atoms with E-state index >= 15 is 0 Å². The van der Waals surface area contributed by atoms with Gasteiger partial charge in [-0.3, -0.25) is 4.79 Å². The van der Waals surface area contributed by atoms with E-state index in [0.717, 1.165) is 29.3 Å². The quantitative estimate of drug-likeness (QED) is 0.860. The molecule has 19 heavy (non-hydrogen) atoms. The predicted molar refractivity (Wildman–Crippen MR) is 79.3 cm³/mol. The molecule has 0 unspecified atom stereocenters. The van der Waals surface area contributed by atoms with Crippen LogP contribution < -0.4 is 5.32 Å². The highest BCUT2D eigenvalue weighted by Crippen LogP contribution is 2.23. The van der Waals surface area contributed by atoms with Gasteiger partial charge in [0.15, 0.2) is 0 Å². The molecule has 0 radical (unpaired) electrons. The van der Waals surface area contributed by atoms with Gasteiger partial charge < -0.3 is 5.32 Å². The smallest absolute Gasteiger partial charge is 0.230 e. The van der Waals surface area contributed by atoms with Crippen LogP contribution in [0.2, 0.25) is 0 Å². The van der Waals surface area contributed by atoms with Crippen LogP contribution in [-0.2, 0) is 4.79 Å². The first-order valence-corrected chi connectivity index (χ1v) is 7.97. The second kappa shape index (κ2) is 6.94. The lowest BCUT2D eigenvalue weighted by atomic mass is 9.87. The summed E-state index contributed by atoms with van der Waals surface area (Å²) in [6.07, 6.45) is 6.55. The van der Waals surface area contributed by atoms with Crippen LogP contribution in [0.3, 0.4) is 0 Å². The molecule has 1 aliphatic carbocycles. The van der Waals surface area contributed by atoms with Crippen molar-refractivity contribution in [3.8, 4) is 0 Å². The molecule has 2 rings (SSSR count). The Morgan fingerprint density at radius 3 is 2.74 bits per heavy atom. The number of carbonyl (C=O) groups is 1. The van der Waals surface area contributed by atoms with E-state index in [2.05, 4.69) is 17.2 Å². The normalized spacial score (nSPS) is 23.1. The van der Waals surface area contributed by atoms with Crippen molar-refractivity contribution in [2.24, 2.45) is 5.92 Å². The highest BCUT2D eigenvalue weighted by molar-refractivity contribution is 7.99. The molecule has 0 atom stereocenters. The molecule has 0 saturated heterocycles. The molecule has 0 spiro atoms. The number of rotatable bonds is 4. The molecule has 4 heteroatoms. The van der Waals surface area contributed by atoms with Crippen molar-refractivity contribution in [1.82, 2.24) is 10.3 Å². The molecule has 0 aromatic carbocycles. The molecular weight excluding hydrogens is 256 g/mol. The Labute approximate surface area is 119 Å². The molecule has 1 heterocycles. The minimum Gasteiger partial charge on any atom is -0.353 e. The largest absolute Gasteiger partial charge is 0.353 e. The number of thioether (sulfide) groups is 1. The summed E-state index contributed by atoms with van der Waals surface area (Å²) in [6.45, 7) is 4.30. The zero-order valence-electron chi connectivity index (χ0n) is 11.7. The molecule has 1 aromatic rings. The zero-order valence-corrected chi connectivity index (χ0v) is 12.5. The summed E-state index contributed by atoms with van der Waals surface area (Å²) in [6, 6.07) is 4.38. The molecule has 1 aromatic heterocycles. The number of nitrogens with one attached hydrogen (secondary N) is 1. The van der Waals surface area contributed by atoms with Crippen molar-refractivity contribution in [3.63, 3.8) is 0 Å². The molecule has 0 aliphatic heterocycles. The van der Waals surface area contributed by atoms with Crippen LogP contribution >= 0.6 is 11.8 Å². The second-order valence-electron chi connectivity index (χ2n) is 5.49. The van der Waals surface area contributed by atoms with Crippen LogP contribution in [0.15, 0.2) is 23.4 Å². The van der Waals surface area contributed by atoms with E-state index in [9.17, 15) is 4.79 Å². The van der Waals surface area contributed by atoms with Crippen molar-refractivity contribution in [2.45, 2.75) is 50.6 Å². The Morgan fingerprint density at radius 2 is 2.11 bits per heavy atom. The first-order chi connectivity index (χ1) is 9.13. The number of aromatic nitrogens is 1. The molecule has 1 N–H and O–H groups in total. The van der Waals surface area contributed by atoms with Gasteiger partial charge in [0.05, 0.1) is 10.8 Å². The van der Waals surface area contributed by atoms with Crippen LogP contribution in [0.5, 0.6) is 0 Å². The summed E-state index contributed by atoms with van der Waals surface area (Å²) < 4.78 is 0. The highest BCUT2D eigenvalue weighted by Gasteiger charge is 2.19. The number of pyridine rings is 1. The zero-order chi connectivity index (χ0) is 13.7. The van der Waals surface area contributed by atoms with Gasteiger partial charge >= 0.3 is 0 Å². The van der Waals surface area contributed by atoms with Gasteiger partial charge in [-0.1, -0.05) is 24.8 Å². The number of hydrogen-bond donors (Lipinski definition) is 1. The molecule has 3 nitrogen and oxygen atoms in total. The minimum absolute atomic E-state index is 0.131. The van der Waals surface area contributed by atoms with Gasteiger partial charge in [0, 0.05) is 12.2 Å². The van der Waals surface area contributed by atoms with Gasteiger partial charge in [-0.15, -0.1) is 0 Å².